The van der Waals surface area contributed by atoms with Crippen LogP contribution in [0.3, 0.4) is 0 Å². The van der Waals surface area contributed by atoms with Gasteiger partial charge < -0.3 is 19.8 Å². The maximum atomic E-state index is 9.93. The molecule has 2 heterocycles. The van der Waals surface area contributed by atoms with E-state index in [0.29, 0.717) is 18.8 Å². The average Bonchev–Trinajstić information content (AvgIpc) is 3.00. The van der Waals surface area contributed by atoms with Gasteiger partial charge in [0.1, 0.15) is 5.82 Å². The van der Waals surface area contributed by atoms with Crippen LogP contribution >= 0.6 is 0 Å². The van der Waals surface area contributed by atoms with Crippen LogP contribution in [0.15, 0.2) is 97.1 Å². The first kappa shape index (κ1) is 24.3. The fourth-order valence-corrected chi connectivity index (χ4v) is 5.20. The maximum absolute atomic E-state index is 9.93. The predicted molar refractivity (Wildman–Crippen MR) is 153 cm³/mol. The average molecular weight is 503 g/mol. The van der Waals surface area contributed by atoms with Crippen LogP contribution in [0.2, 0.25) is 0 Å². The Hall–Kier alpha value is -4.03. The van der Waals surface area contributed by atoms with Gasteiger partial charge in [0, 0.05) is 24.0 Å². The molecule has 1 fully saturated rings. The lowest BCUT2D eigenvalue weighted by atomic mass is 9.92. The number of aliphatic hydroxyl groups is 2. The minimum atomic E-state index is -0.137. The van der Waals surface area contributed by atoms with Crippen LogP contribution in [0, 0.1) is 0 Å². The number of anilines is 1. The molecule has 0 bridgehead atoms. The first-order valence-electron chi connectivity index (χ1n) is 13.0. The number of rotatable bonds is 6. The first-order valence-corrected chi connectivity index (χ1v) is 13.0. The normalized spacial score (nSPS) is 13.7. The number of ether oxygens (including phenoxy) is 1. The van der Waals surface area contributed by atoms with Gasteiger partial charge in [0.2, 0.25) is 0 Å². The van der Waals surface area contributed by atoms with E-state index in [9.17, 15) is 10.2 Å². The Kier molecular flexibility index (Phi) is 6.88. The van der Waals surface area contributed by atoms with E-state index in [1.165, 1.54) is 0 Å². The third-order valence-corrected chi connectivity index (χ3v) is 7.23. The topological polar surface area (TPSA) is 65.8 Å². The maximum Gasteiger partial charge on any atom is 0.137 e. The van der Waals surface area contributed by atoms with Crippen molar-refractivity contribution in [2.75, 3.05) is 31.2 Å². The van der Waals surface area contributed by atoms with Crippen molar-refractivity contribution in [1.29, 1.82) is 0 Å². The molecule has 1 aliphatic rings. The molecular formula is C33H30N2O3. The van der Waals surface area contributed by atoms with Crippen LogP contribution in [-0.2, 0) is 18.0 Å². The van der Waals surface area contributed by atoms with E-state index in [-0.39, 0.29) is 13.2 Å². The Balaban J connectivity index is 1.61. The predicted octanol–water partition coefficient (Wildman–Crippen LogP) is 6.06. The third-order valence-electron chi connectivity index (χ3n) is 7.23. The molecule has 6 rings (SSSR count). The lowest BCUT2D eigenvalue weighted by molar-refractivity contribution is 0.122. The van der Waals surface area contributed by atoms with Crippen LogP contribution in [-0.4, -0.2) is 41.5 Å². The Bertz CT molecular complexity index is 1500. The summed E-state index contributed by atoms with van der Waals surface area (Å²) in [7, 11) is 0. The summed E-state index contributed by atoms with van der Waals surface area (Å²) in [5.41, 5.74) is 8.93. The van der Waals surface area contributed by atoms with Crippen molar-refractivity contribution in [3.63, 3.8) is 0 Å². The van der Waals surface area contributed by atoms with Crippen molar-refractivity contribution in [2.24, 2.45) is 0 Å². The van der Waals surface area contributed by atoms with Gasteiger partial charge in [-0.25, -0.2) is 4.98 Å². The number of morpholine rings is 1. The standard InChI is InChI=1S/C33H30N2O3/c36-21-29-18-28-19-31(33(35-11-13-38-14-12-35)34-32(28)20-30(29)22-37)27-16-25(23-7-3-1-4-8-23)15-26(17-27)24-9-5-2-6-10-24/h1-10,15-20,36-37H,11-14,21-22H2. The molecule has 1 aliphatic heterocycles. The number of hydrogen-bond acceptors (Lipinski definition) is 5. The Morgan fingerprint density at radius 3 is 1.76 bits per heavy atom. The van der Waals surface area contributed by atoms with E-state index in [4.69, 9.17) is 9.72 Å². The summed E-state index contributed by atoms with van der Waals surface area (Å²) < 4.78 is 5.64. The highest BCUT2D eigenvalue weighted by molar-refractivity contribution is 5.93. The molecule has 0 unspecified atom stereocenters. The highest BCUT2D eigenvalue weighted by atomic mass is 16.5. The summed E-state index contributed by atoms with van der Waals surface area (Å²) >= 11 is 0. The molecule has 5 aromatic rings. The van der Waals surface area contributed by atoms with Crippen molar-refractivity contribution < 1.29 is 14.9 Å². The molecule has 38 heavy (non-hydrogen) atoms. The fraction of sp³-hybridized carbons (Fsp3) is 0.182. The van der Waals surface area contributed by atoms with Crippen molar-refractivity contribution in [3.05, 3.63) is 108 Å². The molecular weight excluding hydrogens is 472 g/mol. The zero-order chi connectivity index (χ0) is 25.9. The van der Waals surface area contributed by atoms with Gasteiger partial charge in [-0.2, -0.15) is 0 Å². The molecule has 5 heteroatoms. The van der Waals surface area contributed by atoms with E-state index in [0.717, 1.165) is 68.8 Å². The summed E-state index contributed by atoms with van der Waals surface area (Å²) in [5, 5.41) is 20.7. The molecule has 1 saturated heterocycles. The molecule has 2 N–H and O–H groups in total. The smallest absolute Gasteiger partial charge is 0.137 e. The molecule has 4 aromatic carbocycles. The molecule has 0 aliphatic carbocycles. The van der Waals surface area contributed by atoms with E-state index < -0.39 is 0 Å². The van der Waals surface area contributed by atoms with E-state index in [2.05, 4.69) is 77.7 Å². The molecule has 190 valence electrons. The van der Waals surface area contributed by atoms with Gasteiger partial charge in [0.25, 0.3) is 0 Å². The SMILES string of the molecule is OCc1cc2cc(-c3cc(-c4ccccc4)cc(-c4ccccc4)c3)c(N3CCOCC3)nc2cc1CO. The summed E-state index contributed by atoms with van der Waals surface area (Å²) in [6.45, 7) is 2.57. The van der Waals surface area contributed by atoms with Crippen LogP contribution in [0.4, 0.5) is 5.82 Å². The summed E-state index contributed by atoms with van der Waals surface area (Å²) in [6, 6.07) is 33.6. The zero-order valence-corrected chi connectivity index (χ0v) is 21.2. The van der Waals surface area contributed by atoms with Crippen LogP contribution in [0.25, 0.3) is 44.3 Å². The monoisotopic (exact) mass is 502 g/mol. The van der Waals surface area contributed by atoms with Crippen molar-refractivity contribution in [2.45, 2.75) is 13.2 Å². The largest absolute Gasteiger partial charge is 0.392 e. The number of fused-ring (bicyclic) bond motifs is 1. The lowest BCUT2D eigenvalue weighted by Crippen LogP contribution is -2.37. The quantitative estimate of drug-likeness (QED) is 0.296. The van der Waals surface area contributed by atoms with Crippen molar-refractivity contribution in [3.8, 4) is 33.4 Å². The minimum Gasteiger partial charge on any atom is -0.392 e. The molecule has 0 atom stereocenters. The number of benzene rings is 4. The zero-order valence-electron chi connectivity index (χ0n) is 21.2. The summed E-state index contributed by atoms with van der Waals surface area (Å²) in [5.74, 6) is 0.908. The number of nitrogens with zero attached hydrogens (tertiary/aromatic N) is 2. The number of pyridine rings is 1. The second-order valence-electron chi connectivity index (χ2n) is 9.62. The van der Waals surface area contributed by atoms with Crippen LogP contribution in [0.1, 0.15) is 11.1 Å². The Labute approximate surface area is 222 Å². The summed E-state index contributed by atoms with van der Waals surface area (Å²) in [4.78, 5) is 7.43. The molecule has 0 radical (unpaired) electrons. The van der Waals surface area contributed by atoms with Gasteiger partial charge in [-0.3, -0.25) is 0 Å². The van der Waals surface area contributed by atoms with Crippen LogP contribution in [0.5, 0.6) is 0 Å². The highest BCUT2D eigenvalue weighted by Gasteiger charge is 2.20. The van der Waals surface area contributed by atoms with Crippen molar-refractivity contribution >= 4 is 16.7 Å². The van der Waals surface area contributed by atoms with Crippen LogP contribution < -0.4 is 4.90 Å². The molecule has 0 spiro atoms. The third kappa shape index (κ3) is 4.79. The first-order chi connectivity index (χ1) is 18.7. The lowest BCUT2D eigenvalue weighted by Gasteiger charge is -2.30. The molecule has 0 amide bonds. The van der Waals surface area contributed by atoms with Gasteiger partial charge in [0.15, 0.2) is 0 Å². The fourth-order valence-electron chi connectivity index (χ4n) is 5.20. The number of aliphatic hydroxyl groups excluding tert-OH is 2. The van der Waals surface area contributed by atoms with Gasteiger partial charge in [-0.05, 0) is 75.3 Å². The van der Waals surface area contributed by atoms with Crippen molar-refractivity contribution in [1.82, 2.24) is 4.98 Å². The minimum absolute atomic E-state index is 0.131. The number of hydrogen-bond donors (Lipinski definition) is 2. The van der Waals surface area contributed by atoms with E-state index in [1.54, 1.807) is 0 Å². The van der Waals surface area contributed by atoms with Gasteiger partial charge in [-0.15, -0.1) is 0 Å². The summed E-state index contributed by atoms with van der Waals surface area (Å²) in [6.07, 6.45) is 0. The second kappa shape index (κ2) is 10.8. The number of aromatic nitrogens is 1. The molecule has 5 nitrogen and oxygen atoms in total. The molecule has 0 saturated carbocycles. The van der Waals surface area contributed by atoms with Gasteiger partial charge >= 0.3 is 0 Å². The van der Waals surface area contributed by atoms with Gasteiger partial charge in [-0.1, -0.05) is 60.7 Å². The van der Waals surface area contributed by atoms with E-state index in [1.807, 2.05) is 24.3 Å². The Morgan fingerprint density at radius 1 is 0.632 bits per heavy atom. The molecule has 1 aromatic heterocycles. The van der Waals surface area contributed by atoms with Gasteiger partial charge in [0.05, 0.1) is 31.9 Å². The second-order valence-corrected chi connectivity index (χ2v) is 9.62. The van der Waals surface area contributed by atoms with E-state index >= 15 is 0 Å². The highest BCUT2D eigenvalue weighted by Crippen LogP contribution is 2.38. The Morgan fingerprint density at radius 2 is 1.18 bits per heavy atom.